The van der Waals surface area contributed by atoms with E-state index in [9.17, 15) is 18.3 Å². The van der Waals surface area contributed by atoms with Crippen LogP contribution in [0, 0.1) is 0 Å². The summed E-state index contributed by atoms with van der Waals surface area (Å²) in [5.41, 5.74) is 3.59. The smallest absolute Gasteiger partial charge is 0.388 e. The van der Waals surface area contributed by atoms with Crippen molar-refractivity contribution < 1.29 is 18.3 Å². The molecule has 0 aliphatic carbocycles. The highest BCUT2D eigenvalue weighted by atomic mass is 35.5. The van der Waals surface area contributed by atoms with Gasteiger partial charge in [0.1, 0.15) is 5.15 Å². The van der Waals surface area contributed by atoms with Crippen LogP contribution in [0.3, 0.4) is 0 Å². The predicted octanol–water partition coefficient (Wildman–Crippen LogP) is 1.47. The van der Waals surface area contributed by atoms with Crippen LogP contribution < -0.4 is 5.73 Å². The maximum atomic E-state index is 12.6. The monoisotopic (exact) mass is 257 g/mol. The zero-order chi connectivity index (χ0) is 12.5. The summed E-state index contributed by atoms with van der Waals surface area (Å²) < 4.78 is 38.6. The third-order valence-electron chi connectivity index (χ3n) is 2.05. The van der Waals surface area contributed by atoms with Gasteiger partial charge >= 0.3 is 6.18 Å². The standard InChI is InChI=1S/C8H11ClF3N3O/c1-15-7(9)5(4(16)2-3-13)6(14-15)8(10,11)12/h4,16H,2-3,13H2,1H3/t4-/m0/s1. The molecule has 92 valence electrons. The van der Waals surface area contributed by atoms with Gasteiger partial charge in [-0.05, 0) is 13.0 Å². The Hall–Kier alpha value is -0.790. The van der Waals surface area contributed by atoms with E-state index in [0.29, 0.717) is 0 Å². The lowest BCUT2D eigenvalue weighted by atomic mass is 10.1. The Balaban J connectivity index is 3.24. The maximum absolute atomic E-state index is 12.6. The Bertz CT molecular complexity index is 377. The summed E-state index contributed by atoms with van der Waals surface area (Å²) in [4.78, 5) is 0. The molecule has 0 spiro atoms. The van der Waals surface area contributed by atoms with Crippen molar-refractivity contribution in [3.8, 4) is 0 Å². The van der Waals surface area contributed by atoms with E-state index >= 15 is 0 Å². The first-order chi connectivity index (χ1) is 7.29. The van der Waals surface area contributed by atoms with Gasteiger partial charge in [0.2, 0.25) is 0 Å². The lowest BCUT2D eigenvalue weighted by Gasteiger charge is -2.11. The SMILES string of the molecule is Cn1nc(C(F)(F)F)c([C@@H](O)CCN)c1Cl. The number of hydrogen-bond acceptors (Lipinski definition) is 3. The molecule has 16 heavy (non-hydrogen) atoms. The molecular formula is C8H11ClF3N3O. The van der Waals surface area contributed by atoms with Gasteiger partial charge < -0.3 is 10.8 Å². The molecule has 1 aromatic rings. The van der Waals surface area contributed by atoms with Crippen molar-refractivity contribution in [2.75, 3.05) is 6.54 Å². The van der Waals surface area contributed by atoms with E-state index in [2.05, 4.69) is 5.10 Å². The van der Waals surface area contributed by atoms with Crippen LogP contribution in [0.15, 0.2) is 0 Å². The van der Waals surface area contributed by atoms with Crippen molar-refractivity contribution in [1.82, 2.24) is 9.78 Å². The van der Waals surface area contributed by atoms with Crippen LogP contribution in [0.2, 0.25) is 5.15 Å². The van der Waals surface area contributed by atoms with E-state index in [1.54, 1.807) is 0 Å². The Labute approximate surface area is 94.8 Å². The zero-order valence-electron chi connectivity index (χ0n) is 8.42. The predicted molar refractivity (Wildman–Crippen MR) is 51.9 cm³/mol. The molecule has 1 aromatic heterocycles. The molecule has 0 unspecified atom stereocenters. The highest BCUT2D eigenvalue weighted by Crippen LogP contribution is 2.38. The number of nitrogens with two attached hydrogens (primary N) is 1. The quantitative estimate of drug-likeness (QED) is 0.862. The largest absolute Gasteiger partial charge is 0.435 e. The van der Waals surface area contributed by atoms with Gasteiger partial charge in [-0.1, -0.05) is 11.6 Å². The summed E-state index contributed by atoms with van der Waals surface area (Å²) in [6.45, 7) is 0.0592. The number of aliphatic hydroxyl groups excluding tert-OH is 1. The van der Waals surface area contributed by atoms with Crippen LogP contribution in [-0.2, 0) is 13.2 Å². The molecule has 0 aromatic carbocycles. The summed E-state index contributed by atoms with van der Waals surface area (Å²) in [5, 5.41) is 12.6. The second kappa shape index (κ2) is 4.60. The van der Waals surface area contributed by atoms with Gasteiger partial charge in [0.25, 0.3) is 0 Å². The van der Waals surface area contributed by atoms with Crippen LogP contribution in [0.4, 0.5) is 13.2 Å². The van der Waals surface area contributed by atoms with E-state index in [1.807, 2.05) is 0 Å². The fourth-order valence-corrected chi connectivity index (χ4v) is 1.58. The molecule has 0 fully saturated rings. The lowest BCUT2D eigenvalue weighted by molar-refractivity contribution is -0.143. The fourth-order valence-electron chi connectivity index (χ4n) is 1.33. The molecule has 0 amide bonds. The van der Waals surface area contributed by atoms with Gasteiger partial charge in [-0.15, -0.1) is 0 Å². The molecule has 0 bridgehead atoms. The normalized spacial score (nSPS) is 14.2. The van der Waals surface area contributed by atoms with E-state index in [1.165, 1.54) is 7.05 Å². The second-order valence-electron chi connectivity index (χ2n) is 3.27. The molecule has 4 nitrogen and oxygen atoms in total. The Morgan fingerprint density at radius 2 is 2.12 bits per heavy atom. The number of rotatable bonds is 3. The third-order valence-corrected chi connectivity index (χ3v) is 2.50. The molecule has 1 heterocycles. The van der Waals surface area contributed by atoms with Gasteiger partial charge in [0.15, 0.2) is 5.69 Å². The van der Waals surface area contributed by atoms with Crippen LogP contribution >= 0.6 is 11.6 Å². The molecule has 1 rings (SSSR count). The summed E-state index contributed by atoms with van der Waals surface area (Å²) >= 11 is 5.65. The van der Waals surface area contributed by atoms with E-state index in [-0.39, 0.29) is 18.1 Å². The van der Waals surface area contributed by atoms with Crippen molar-refractivity contribution in [2.45, 2.75) is 18.7 Å². The molecule has 0 saturated carbocycles. The summed E-state index contributed by atoms with van der Waals surface area (Å²) in [6, 6.07) is 0. The average Bonchev–Trinajstić information content (AvgIpc) is 2.43. The number of hydrogen-bond donors (Lipinski definition) is 2. The number of alkyl halides is 3. The summed E-state index contributed by atoms with van der Waals surface area (Å²) in [7, 11) is 1.27. The van der Waals surface area contributed by atoms with Crippen LogP contribution in [0.25, 0.3) is 0 Å². The van der Waals surface area contributed by atoms with Crippen LogP contribution in [0.5, 0.6) is 0 Å². The van der Waals surface area contributed by atoms with E-state index in [4.69, 9.17) is 17.3 Å². The summed E-state index contributed by atoms with van der Waals surface area (Å²) in [5.74, 6) is 0. The lowest BCUT2D eigenvalue weighted by Crippen LogP contribution is -2.14. The number of aryl methyl sites for hydroxylation is 1. The van der Waals surface area contributed by atoms with Gasteiger partial charge in [-0.25, -0.2) is 0 Å². The van der Waals surface area contributed by atoms with Gasteiger partial charge in [0.05, 0.1) is 11.7 Å². The molecule has 8 heteroatoms. The number of aromatic nitrogens is 2. The Morgan fingerprint density at radius 1 is 1.56 bits per heavy atom. The average molecular weight is 258 g/mol. The first-order valence-electron chi connectivity index (χ1n) is 4.46. The van der Waals surface area contributed by atoms with Crippen molar-refractivity contribution in [3.05, 3.63) is 16.4 Å². The van der Waals surface area contributed by atoms with Crippen molar-refractivity contribution >= 4 is 11.6 Å². The van der Waals surface area contributed by atoms with E-state index in [0.717, 1.165) is 4.68 Å². The van der Waals surface area contributed by atoms with E-state index < -0.39 is 23.5 Å². The summed E-state index contributed by atoms with van der Waals surface area (Å²) in [6.07, 6.45) is -6.01. The molecule has 0 saturated heterocycles. The first kappa shape index (κ1) is 13.3. The van der Waals surface area contributed by atoms with Crippen molar-refractivity contribution in [1.29, 1.82) is 0 Å². The first-order valence-corrected chi connectivity index (χ1v) is 4.84. The molecule has 0 aliphatic rings. The Morgan fingerprint density at radius 3 is 2.56 bits per heavy atom. The maximum Gasteiger partial charge on any atom is 0.435 e. The highest BCUT2D eigenvalue weighted by Gasteiger charge is 2.40. The third kappa shape index (κ3) is 2.47. The number of halogens is 4. The topological polar surface area (TPSA) is 64.1 Å². The van der Waals surface area contributed by atoms with Crippen LogP contribution in [0.1, 0.15) is 23.8 Å². The van der Waals surface area contributed by atoms with Crippen molar-refractivity contribution in [3.63, 3.8) is 0 Å². The molecular weight excluding hydrogens is 247 g/mol. The molecule has 3 N–H and O–H groups in total. The molecule has 0 aliphatic heterocycles. The van der Waals surface area contributed by atoms with Crippen LogP contribution in [-0.4, -0.2) is 21.4 Å². The number of nitrogens with zero attached hydrogens (tertiary/aromatic N) is 2. The minimum Gasteiger partial charge on any atom is -0.388 e. The Kier molecular flexibility index (Phi) is 3.82. The van der Waals surface area contributed by atoms with Gasteiger partial charge in [-0.2, -0.15) is 18.3 Å². The van der Waals surface area contributed by atoms with Gasteiger partial charge in [0, 0.05) is 7.05 Å². The molecule has 1 atom stereocenters. The second-order valence-corrected chi connectivity index (χ2v) is 3.63. The number of aliphatic hydroxyl groups is 1. The highest BCUT2D eigenvalue weighted by molar-refractivity contribution is 6.30. The van der Waals surface area contributed by atoms with Crippen molar-refractivity contribution in [2.24, 2.45) is 12.8 Å². The molecule has 0 radical (unpaired) electrons. The van der Waals surface area contributed by atoms with Gasteiger partial charge in [-0.3, -0.25) is 4.68 Å². The minimum absolute atomic E-state index is 0.00546. The minimum atomic E-state index is -4.64. The zero-order valence-corrected chi connectivity index (χ0v) is 9.18. The fraction of sp³-hybridized carbons (Fsp3) is 0.625.